The zero-order valence-electron chi connectivity index (χ0n) is 12.5. The number of hydrogen-bond donors (Lipinski definition) is 1. The van der Waals surface area contributed by atoms with Crippen molar-refractivity contribution in [2.45, 2.75) is 18.8 Å². The third-order valence-electron chi connectivity index (χ3n) is 4.23. The lowest BCUT2D eigenvalue weighted by Crippen LogP contribution is -2.24. The van der Waals surface area contributed by atoms with E-state index >= 15 is 0 Å². The molecule has 22 heavy (non-hydrogen) atoms. The third-order valence-corrected chi connectivity index (χ3v) is 4.23. The predicted molar refractivity (Wildman–Crippen MR) is 84.5 cm³/mol. The molecular formula is C17H20N4O. The van der Waals surface area contributed by atoms with Crippen molar-refractivity contribution in [1.82, 2.24) is 14.9 Å². The lowest BCUT2D eigenvalue weighted by atomic mass is 10.00. The van der Waals surface area contributed by atoms with Crippen molar-refractivity contribution >= 4 is 5.91 Å². The molecule has 0 unspecified atom stereocenters. The first-order chi connectivity index (χ1) is 10.7. The Labute approximate surface area is 130 Å². The highest BCUT2D eigenvalue weighted by molar-refractivity contribution is 5.93. The molecule has 2 aromatic rings. The summed E-state index contributed by atoms with van der Waals surface area (Å²) >= 11 is 0. The van der Waals surface area contributed by atoms with Gasteiger partial charge in [0.2, 0.25) is 0 Å². The number of nitrogens with two attached hydrogens (primary N) is 1. The monoisotopic (exact) mass is 296 g/mol. The van der Waals surface area contributed by atoms with E-state index in [1.807, 2.05) is 6.07 Å². The second-order valence-corrected chi connectivity index (χ2v) is 5.71. The molecular weight excluding hydrogens is 276 g/mol. The average Bonchev–Trinajstić information content (AvgIpc) is 3.03. The fourth-order valence-electron chi connectivity index (χ4n) is 3.05. The number of carbonyl (C=O) groups excluding carboxylic acids is 1. The van der Waals surface area contributed by atoms with Gasteiger partial charge >= 0.3 is 0 Å². The molecule has 0 bridgehead atoms. The SMILES string of the molecule is NC(=O)c1cncnc1[C@@H]1CCN(CCc2ccccc2)C1. The highest BCUT2D eigenvalue weighted by Crippen LogP contribution is 2.27. The van der Waals surface area contributed by atoms with E-state index in [1.54, 1.807) is 0 Å². The number of rotatable bonds is 5. The summed E-state index contributed by atoms with van der Waals surface area (Å²) in [6.45, 7) is 2.97. The van der Waals surface area contributed by atoms with Crippen LogP contribution in [0.2, 0.25) is 0 Å². The lowest BCUT2D eigenvalue weighted by molar-refractivity contribution is 0.0998. The molecule has 0 saturated carbocycles. The number of amides is 1. The number of carbonyl (C=O) groups is 1. The van der Waals surface area contributed by atoms with Gasteiger partial charge in [-0.25, -0.2) is 9.97 Å². The normalized spacial score (nSPS) is 18.5. The maximum atomic E-state index is 11.5. The molecule has 0 aliphatic carbocycles. The van der Waals surface area contributed by atoms with Crippen LogP contribution in [0.15, 0.2) is 42.9 Å². The maximum Gasteiger partial charge on any atom is 0.252 e. The van der Waals surface area contributed by atoms with Crippen LogP contribution in [-0.4, -0.2) is 40.4 Å². The number of aromatic nitrogens is 2. The average molecular weight is 296 g/mol. The van der Waals surface area contributed by atoms with Crippen molar-refractivity contribution in [3.63, 3.8) is 0 Å². The lowest BCUT2D eigenvalue weighted by Gasteiger charge is -2.16. The van der Waals surface area contributed by atoms with E-state index in [0.29, 0.717) is 5.56 Å². The number of primary amides is 1. The molecule has 114 valence electrons. The molecule has 1 atom stereocenters. The smallest absolute Gasteiger partial charge is 0.252 e. The maximum absolute atomic E-state index is 11.5. The Morgan fingerprint density at radius 2 is 2.14 bits per heavy atom. The summed E-state index contributed by atoms with van der Waals surface area (Å²) in [5, 5.41) is 0. The minimum Gasteiger partial charge on any atom is -0.365 e. The van der Waals surface area contributed by atoms with Crippen molar-refractivity contribution in [1.29, 1.82) is 0 Å². The fraction of sp³-hybridized carbons (Fsp3) is 0.353. The Balaban J connectivity index is 1.62. The Morgan fingerprint density at radius 1 is 1.32 bits per heavy atom. The highest BCUT2D eigenvalue weighted by atomic mass is 16.1. The summed E-state index contributed by atoms with van der Waals surface area (Å²) in [6, 6.07) is 10.5. The molecule has 0 spiro atoms. The first kappa shape index (κ1) is 14.7. The molecule has 0 radical (unpaired) electrons. The molecule has 1 saturated heterocycles. The molecule has 1 amide bonds. The number of likely N-dealkylation sites (tertiary alicyclic amines) is 1. The van der Waals surface area contributed by atoms with Crippen molar-refractivity contribution in [3.8, 4) is 0 Å². The van der Waals surface area contributed by atoms with Crippen LogP contribution in [0.25, 0.3) is 0 Å². The Hall–Kier alpha value is -2.27. The molecule has 5 heteroatoms. The minimum atomic E-state index is -0.446. The molecule has 1 fully saturated rings. The second-order valence-electron chi connectivity index (χ2n) is 5.71. The topological polar surface area (TPSA) is 72.1 Å². The van der Waals surface area contributed by atoms with Crippen molar-refractivity contribution < 1.29 is 4.79 Å². The quantitative estimate of drug-likeness (QED) is 0.910. The Morgan fingerprint density at radius 3 is 2.91 bits per heavy atom. The van der Waals surface area contributed by atoms with Crippen molar-refractivity contribution in [2.24, 2.45) is 5.73 Å². The van der Waals surface area contributed by atoms with Crippen LogP contribution in [0.5, 0.6) is 0 Å². The molecule has 2 heterocycles. The third kappa shape index (κ3) is 3.31. The van der Waals surface area contributed by atoms with Crippen LogP contribution in [0.3, 0.4) is 0 Å². The molecule has 1 aliphatic rings. The van der Waals surface area contributed by atoms with Crippen molar-refractivity contribution in [3.05, 3.63) is 59.7 Å². The molecule has 3 rings (SSSR count). The molecule has 1 aromatic heterocycles. The largest absolute Gasteiger partial charge is 0.365 e. The first-order valence-corrected chi connectivity index (χ1v) is 7.60. The van der Waals surface area contributed by atoms with E-state index in [2.05, 4.69) is 39.1 Å². The molecule has 5 nitrogen and oxygen atoms in total. The van der Waals surface area contributed by atoms with Crippen LogP contribution in [0, 0.1) is 0 Å². The Kier molecular flexibility index (Phi) is 4.44. The second kappa shape index (κ2) is 6.66. The molecule has 1 aliphatic heterocycles. The van der Waals surface area contributed by atoms with Gasteiger partial charge in [0.25, 0.3) is 5.91 Å². The molecule has 1 aromatic carbocycles. The van der Waals surface area contributed by atoms with Crippen molar-refractivity contribution in [2.75, 3.05) is 19.6 Å². The summed E-state index contributed by atoms with van der Waals surface area (Å²) in [6.07, 6.45) is 5.07. The van der Waals surface area contributed by atoms with Crippen LogP contribution in [-0.2, 0) is 6.42 Å². The van der Waals surface area contributed by atoms with Crippen LogP contribution < -0.4 is 5.73 Å². The van der Waals surface area contributed by atoms with E-state index in [0.717, 1.165) is 38.2 Å². The van der Waals surface area contributed by atoms with Gasteiger partial charge in [-0.15, -0.1) is 0 Å². The minimum absolute atomic E-state index is 0.265. The van der Waals surface area contributed by atoms with Gasteiger partial charge in [0.15, 0.2) is 0 Å². The van der Waals surface area contributed by atoms with Gasteiger partial charge in [-0.2, -0.15) is 0 Å². The van der Waals surface area contributed by atoms with Crippen LogP contribution in [0.1, 0.15) is 34.0 Å². The first-order valence-electron chi connectivity index (χ1n) is 7.60. The summed E-state index contributed by atoms with van der Waals surface area (Å²) < 4.78 is 0. The van der Waals surface area contributed by atoms with E-state index in [-0.39, 0.29) is 5.92 Å². The van der Waals surface area contributed by atoms with Gasteiger partial charge in [0, 0.05) is 25.2 Å². The number of benzene rings is 1. The van der Waals surface area contributed by atoms with Gasteiger partial charge in [0.05, 0.1) is 11.3 Å². The van der Waals surface area contributed by atoms with Gasteiger partial charge in [0.1, 0.15) is 6.33 Å². The zero-order valence-corrected chi connectivity index (χ0v) is 12.5. The fourth-order valence-corrected chi connectivity index (χ4v) is 3.05. The summed E-state index contributed by atoms with van der Waals surface area (Å²) in [5.41, 5.74) is 8.02. The summed E-state index contributed by atoms with van der Waals surface area (Å²) in [7, 11) is 0. The molecule has 2 N–H and O–H groups in total. The standard InChI is InChI=1S/C17H20N4O/c18-17(22)15-10-19-12-20-16(15)14-7-9-21(11-14)8-6-13-4-2-1-3-5-13/h1-5,10,12,14H,6-9,11H2,(H2,18,22)/t14-/m1/s1. The van der Waals surface area contributed by atoms with Gasteiger partial charge < -0.3 is 10.6 Å². The number of hydrogen-bond acceptors (Lipinski definition) is 4. The van der Waals surface area contributed by atoms with Gasteiger partial charge in [-0.3, -0.25) is 4.79 Å². The summed E-state index contributed by atoms with van der Waals surface area (Å²) in [5.74, 6) is -0.181. The van der Waals surface area contributed by atoms with Gasteiger partial charge in [-0.1, -0.05) is 30.3 Å². The van der Waals surface area contributed by atoms with E-state index in [1.165, 1.54) is 18.1 Å². The zero-order chi connectivity index (χ0) is 15.4. The van der Waals surface area contributed by atoms with Crippen LogP contribution in [0.4, 0.5) is 0 Å². The summed E-state index contributed by atoms with van der Waals surface area (Å²) in [4.78, 5) is 22.1. The Bertz CT molecular complexity index is 644. The van der Waals surface area contributed by atoms with E-state index < -0.39 is 5.91 Å². The number of nitrogens with zero attached hydrogens (tertiary/aromatic N) is 3. The van der Waals surface area contributed by atoms with E-state index in [9.17, 15) is 4.79 Å². The van der Waals surface area contributed by atoms with Gasteiger partial charge in [-0.05, 0) is 24.9 Å². The highest BCUT2D eigenvalue weighted by Gasteiger charge is 2.27. The van der Waals surface area contributed by atoms with Crippen LogP contribution >= 0.6 is 0 Å². The van der Waals surface area contributed by atoms with E-state index in [4.69, 9.17) is 5.73 Å². The predicted octanol–water partition coefficient (Wildman–Crippen LogP) is 1.61.